The molecule has 130 valence electrons. The van der Waals surface area contributed by atoms with Gasteiger partial charge in [-0.3, -0.25) is 4.55 Å². The van der Waals surface area contributed by atoms with E-state index < -0.39 is 20.8 Å². The van der Waals surface area contributed by atoms with E-state index in [9.17, 15) is 18.1 Å². The van der Waals surface area contributed by atoms with Gasteiger partial charge in [0.25, 0.3) is 10.1 Å². The molecule has 0 spiro atoms. The Morgan fingerprint density at radius 1 is 1.08 bits per heavy atom. The van der Waals surface area contributed by atoms with Gasteiger partial charge in [-0.05, 0) is 36.6 Å². The smallest absolute Gasteiger partial charge is 0.870 e. The zero-order valence-electron chi connectivity index (χ0n) is 14.6. The van der Waals surface area contributed by atoms with Gasteiger partial charge in [0.05, 0.1) is 0 Å². The maximum atomic E-state index is 12.3. The molecule has 0 aromatic heterocycles. The third-order valence-corrected chi connectivity index (χ3v) is 4.50. The molecule has 0 aliphatic heterocycles. The van der Waals surface area contributed by atoms with Crippen LogP contribution in [0.4, 0.5) is 0 Å². The van der Waals surface area contributed by atoms with E-state index in [2.05, 4.69) is 6.92 Å². The molecule has 0 unspecified atom stereocenters. The van der Waals surface area contributed by atoms with Crippen LogP contribution >= 0.6 is 0 Å². The number of ether oxygens (including phenoxy) is 1. The molecule has 5 nitrogen and oxygen atoms in total. The van der Waals surface area contributed by atoms with E-state index in [1.807, 2.05) is 0 Å². The molecule has 2 aromatic carbocycles. The van der Waals surface area contributed by atoms with Gasteiger partial charge in [-0.25, -0.2) is 0 Å². The fourth-order valence-corrected chi connectivity index (χ4v) is 3.11. The van der Waals surface area contributed by atoms with Gasteiger partial charge in [0.15, 0.2) is 0 Å². The first-order valence-electron chi connectivity index (χ1n) is 7.96. The van der Waals surface area contributed by atoms with Crippen LogP contribution in [0.1, 0.15) is 38.2 Å². The van der Waals surface area contributed by atoms with Crippen LogP contribution in [-0.2, 0) is 16.5 Å². The van der Waals surface area contributed by atoms with Gasteiger partial charge in [0, 0.05) is 0 Å². The molecular formula is C18H21KO5S. The fourth-order valence-electron chi connectivity index (χ4n) is 2.43. The first-order chi connectivity index (χ1) is 11.4. The number of aryl methyl sites for hydroxylation is 1. The van der Waals surface area contributed by atoms with Crippen LogP contribution < -0.4 is 61.2 Å². The predicted molar refractivity (Wildman–Crippen MR) is 90.1 cm³/mol. The molecule has 0 saturated heterocycles. The molecule has 0 saturated carbocycles. The van der Waals surface area contributed by atoms with Gasteiger partial charge in [-0.15, -0.1) is 0 Å². The Morgan fingerprint density at radius 3 is 2.36 bits per heavy atom. The molecular weight excluding hydrogens is 367 g/mol. The molecule has 1 N–H and O–H groups in total. The van der Waals surface area contributed by atoms with Crippen molar-refractivity contribution in [2.45, 2.75) is 43.9 Å². The minimum Gasteiger partial charge on any atom is -0.870 e. The summed E-state index contributed by atoms with van der Waals surface area (Å²) in [4.78, 5) is -0.482. The molecule has 0 fully saturated rings. The van der Waals surface area contributed by atoms with Crippen LogP contribution in [0.15, 0.2) is 47.4 Å². The normalized spacial score (nSPS) is 11.0. The van der Waals surface area contributed by atoms with E-state index in [1.165, 1.54) is 12.1 Å². The SMILES string of the molecule is CCCCCCc1cc([O-])c(Oc2ccccc2)c(S(=O)(=O)O)c1.[K+]. The van der Waals surface area contributed by atoms with E-state index >= 15 is 0 Å². The number of benzene rings is 2. The number of rotatable bonds is 8. The summed E-state index contributed by atoms with van der Waals surface area (Å²) in [5.74, 6) is -0.601. The Kier molecular flexibility index (Phi) is 9.65. The monoisotopic (exact) mass is 388 g/mol. The molecule has 0 aliphatic rings. The molecule has 0 heterocycles. The Hall–Kier alpha value is -0.414. The second kappa shape index (κ2) is 10.7. The average Bonchev–Trinajstić information content (AvgIpc) is 2.54. The molecule has 0 atom stereocenters. The minimum atomic E-state index is -4.56. The first-order valence-corrected chi connectivity index (χ1v) is 9.40. The van der Waals surface area contributed by atoms with Gasteiger partial charge in [0.2, 0.25) is 0 Å². The van der Waals surface area contributed by atoms with Gasteiger partial charge in [-0.1, -0.05) is 56.2 Å². The van der Waals surface area contributed by atoms with Crippen molar-refractivity contribution in [2.24, 2.45) is 0 Å². The van der Waals surface area contributed by atoms with Gasteiger partial charge < -0.3 is 9.84 Å². The Morgan fingerprint density at radius 2 is 1.76 bits per heavy atom. The maximum absolute atomic E-state index is 12.3. The van der Waals surface area contributed by atoms with Crippen LogP contribution in [-0.4, -0.2) is 13.0 Å². The summed E-state index contributed by atoms with van der Waals surface area (Å²) in [5.41, 5.74) is 0.587. The van der Waals surface area contributed by atoms with Crippen molar-refractivity contribution >= 4 is 10.1 Å². The molecule has 0 bridgehead atoms. The van der Waals surface area contributed by atoms with Crippen molar-refractivity contribution in [3.8, 4) is 17.2 Å². The molecule has 2 rings (SSSR count). The van der Waals surface area contributed by atoms with Gasteiger partial charge >= 0.3 is 51.4 Å². The van der Waals surface area contributed by atoms with Crippen molar-refractivity contribution in [3.05, 3.63) is 48.0 Å². The third kappa shape index (κ3) is 7.01. The minimum absolute atomic E-state index is 0. The molecule has 0 aliphatic carbocycles. The fraction of sp³-hybridized carbons (Fsp3) is 0.333. The second-order valence-electron chi connectivity index (χ2n) is 5.62. The molecule has 2 aromatic rings. The maximum Gasteiger partial charge on any atom is 1.00 e. The Balaban J connectivity index is 0.00000312. The van der Waals surface area contributed by atoms with Crippen molar-refractivity contribution in [2.75, 3.05) is 0 Å². The molecule has 25 heavy (non-hydrogen) atoms. The summed E-state index contributed by atoms with van der Waals surface area (Å²) >= 11 is 0. The van der Waals surface area contributed by atoms with Crippen molar-refractivity contribution in [3.63, 3.8) is 0 Å². The summed E-state index contributed by atoms with van der Waals surface area (Å²) in [6.45, 7) is 2.10. The van der Waals surface area contributed by atoms with Crippen molar-refractivity contribution in [1.82, 2.24) is 0 Å². The number of unbranched alkanes of at least 4 members (excludes halogenated alkanes) is 3. The van der Waals surface area contributed by atoms with E-state index in [4.69, 9.17) is 4.74 Å². The first kappa shape index (κ1) is 22.6. The van der Waals surface area contributed by atoms with Crippen LogP contribution in [0.25, 0.3) is 0 Å². The zero-order valence-corrected chi connectivity index (χ0v) is 18.5. The average molecular weight is 389 g/mol. The summed E-state index contributed by atoms with van der Waals surface area (Å²) in [6.07, 6.45) is 4.63. The molecule has 0 amide bonds. The van der Waals surface area contributed by atoms with E-state index in [1.54, 1.807) is 30.3 Å². The predicted octanol–water partition coefficient (Wildman–Crippen LogP) is 0.926. The number of hydrogen-bond donors (Lipinski definition) is 1. The topological polar surface area (TPSA) is 86.7 Å². The summed E-state index contributed by atoms with van der Waals surface area (Å²) in [7, 11) is -4.56. The largest absolute Gasteiger partial charge is 1.00 e. The van der Waals surface area contributed by atoms with E-state index in [0.29, 0.717) is 17.7 Å². The van der Waals surface area contributed by atoms with Crippen LogP contribution in [0.2, 0.25) is 0 Å². The summed E-state index contributed by atoms with van der Waals surface area (Å²) in [5, 5.41) is 12.3. The van der Waals surface area contributed by atoms with E-state index in [-0.39, 0.29) is 57.1 Å². The van der Waals surface area contributed by atoms with E-state index in [0.717, 1.165) is 25.7 Å². The van der Waals surface area contributed by atoms with Crippen molar-refractivity contribution in [1.29, 1.82) is 0 Å². The van der Waals surface area contributed by atoms with Gasteiger partial charge in [-0.2, -0.15) is 8.42 Å². The number of hydrogen-bond acceptors (Lipinski definition) is 4. The second-order valence-corrected chi connectivity index (χ2v) is 7.01. The van der Waals surface area contributed by atoms with Crippen molar-refractivity contribution < 1.29 is 74.2 Å². The standard InChI is InChI=1S/C18H22O5S.K/c1-2-3-4-6-9-14-12-16(19)18(17(13-14)24(20,21)22)23-15-10-7-5-8-11-15;/h5,7-8,10-13,19H,2-4,6,9H2,1H3,(H,20,21,22);/q;+1/p-1. The van der Waals surface area contributed by atoms with Crippen LogP contribution in [0.5, 0.6) is 17.2 Å². The zero-order chi connectivity index (χ0) is 17.6. The molecule has 0 radical (unpaired) electrons. The quantitative estimate of drug-likeness (QED) is 0.413. The van der Waals surface area contributed by atoms with Crippen LogP contribution in [0, 0.1) is 0 Å². The number of para-hydroxylation sites is 1. The summed E-state index contributed by atoms with van der Waals surface area (Å²) in [6, 6.07) is 11.1. The van der Waals surface area contributed by atoms with Crippen LogP contribution in [0.3, 0.4) is 0 Å². The van der Waals surface area contributed by atoms with Gasteiger partial charge in [0.1, 0.15) is 16.4 Å². The summed E-state index contributed by atoms with van der Waals surface area (Å²) < 4.78 is 38.2. The third-order valence-electron chi connectivity index (χ3n) is 3.64. The Bertz CT molecular complexity index is 776. The Labute approximate surface area is 191 Å². The molecule has 7 heteroatoms.